The van der Waals surface area contributed by atoms with E-state index in [1.807, 2.05) is 13.8 Å². The summed E-state index contributed by atoms with van der Waals surface area (Å²) < 4.78 is 26.6. The van der Waals surface area contributed by atoms with Crippen molar-refractivity contribution in [2.45, 2.75) is 26.8 Å². The molecule has 0 spiro atoms. The summed E-state index contributed by atoms with van der Waals surface area (Å²) in [5.41, 5.74) is 1.42. The molecule has 4 heteroatoms. The van der Waals surface area contributed by atoms with Crippen molar-refractivity contribution in [3.05, 3.63) is 41.6 Å². The fraction of sp³-hybridized carbons (Fsp3) is 0.286. The lowest BCUT2D eigenvalue weighted by Gasteiger charge is -2.09. The van der Waals surface area contributed by atoms with Crippen LogP contribution >= 0.6 is 0 Å². The molecule has 0 fully saturated rings. The van der Waals surface area contributed by atoms with Crippen LogP contribution in [0.2, 0.25) is 0 Å². The summed E-state index contributed by atoms with van der Waals surface area (Å²) in [5, 5.41) is 0. The van der Waals surface area contributed by atoms with Gasteiger partial charge in [0.05, 0.1) is 0 Å². The van der Waals surface area contributed by atoms with Gasteiger partial charge in [-0.05, 0) is 39.6 Å². The van der Waals surface area contributed by atoms with Crippen molar-refractivity contribution >= 4 is 18.0 Å². The van der Waals surface area contributed by atoms with Crippen LogP contribution in [0.3, 0.4) is 0 Å². The third-order valence-electron chi connectivity index (χ3n) is 2.28. The van der Waals surface area contributed by atoms with Crippen molar-refractivity contribution in [2.75, 3.05) is 0 Å². The molecule has 0 N–H and O–H groups in total. The number of rotatable bonds is 4. The molecular weight excluding hydrogens is 234 g/mol. The van der Waals surface area contributed by atoms with E-state index >= 15 is 0 Å². The number of aliphatic imine (C=N–C) groups is 2. The van der Waals surface area contributed by atoms with Gasteiger partial charge >= 0.3 is 0 Å². The summed E-state index contributed by atoms with van der Waals surface area (Å²) in [6.45, 7) is 8.96. The van der Waals surface area contributed by atoms with Gasteiger partial charge in [0.2, 0.25) is 0 Å². The number of nitrogens with zero attached hydrogens (tertiary/aromatic N) is 2. The maximum Gasteiger partial charge on any atom is 0.134 e. The fourth-order valence-electron chi connectivity index (χ4n) is 1.61. The molecule has 0 bridgehead atoms. The van der Waals surface area contributed by atoms with E-state index in [-0.39, 0.29) is 11.6 Å². The lowest BCUT2D eigenvalue weighted by molar-refractivity contribution is 0.581. The summed E-state index contributed by atoms with van der Waals surface area (Å²) in [6.07, 6.45) is 1.43. The number of benzene rings is 1. The Kier molecular flexibility index (Phi) is 4.89. The Labute approximate surface area is 106 Å². The molecular formula is C14H16F2N2. The van der Waals surface area contributed by atoms with Gasteiger partial charge in [0, 0.05) is 35.2 Å². The highest BCUT2D eigenvalue weighted by Crippen LogP contribution is 2.21. The average Bonchev–Trinajstić information content (AvgIpc) is 2.25. The molecule has 0 amide bonds. The molecule has 2 nitrogen and oxygen atoms in total. The average molecular weight is 250 g/mol. The van der Waals surface area contributed by atoms with E-state index < -0.39 is 11.6 Å². The first-order valence-electron chi connectivity index (χ1n) is 5.62. The molecule has 0 aliphatic rings. The molecule has 0 aliphatic carbocycles. The normalized spacial score (nSPS) is 13.0. The van der Waals surface area contributed by atoms with Crippen LogP contribution in [-0.2, 0) is 0 Å². The molecule has 0 heterocycles. The SMILES string of the molecule is C=N/C=C(\C(C)=N/C(C)C)c1ccc(F)cc1F. The quantitative estimate of drug-likeness (QED) is 0.725. The van der Waals surface area contributed by atoms with Gasteiger partial charge < -0.3 is 0 Å². The topological polar surface area (TPSA) is 24.7 Å². The lowest BCUT2D eigenvalue weighted by atomic mass is 10.0. The van der Waals surface area contributed by atoms with Crippen LogP contribution in [0.4, 0.5) is 8.78 Å². The Balaban J connectivity index is 3.30. The lowest BCUT2D eigenvalue weighted by Crippen LogP contribution is -2.03. The number of hydrogen-bond donors (Lipinski definition) is 0. The second kappa shape index (κ2) is 6.19. The molecule has 0 atom stereocenters. The largest absolute Gasteiger partial charge is 0.287 e. The number of hydrogen-bond acceptors (Lipinski definition) is 2. The first kappa shape index (κ1) is 14.2. The summed E-state index contributed by atoms with van der Waals surface area (Å²) >= 11 is 0. The Hall–Kier alpha value is -1.84. The van der Waals surface area contributed by atoms with Gasteiger partial charge in [-0.25, -0.2) is 8.78 Å². The van der Waals surface area contributed by atoms with E-state index in [4.69, 9.17) is 0 Å². The summed E-state index contributed by atoms with van der Waals surface area (Å²) in [6, 6.07) is 3.51. The van der Waals surface area contributed by atoms with Crippen molar-refractivity contribution in [1.82, 2.24) is 0 Å². The molecule has 1 rings (SSSR count). The molecule has 1 aromatic carbocycles. The minimum atomic E-state index is -0.636. The van der Waals surface area contributed by atoms with Crippen LogP contribution in [0, 0.1) is 11.6 Å². The Morgan fingerprint density at radius 1 is 1.33 bits per heavy atom. The van der Waals surface area contributed by atoms with E-state index in [1.54, 1.807) is 6.92 Å². The molecule has 0 saturated heterocycles. The highest BCUT2D eigenvalue weighted by molar-refractivity contribution is 6.22. The third-order valence-corrected chi connectivity index (χ3v) is 2.28. The molecule has 0 radical (unpaired) electrons. The first-order chi connectivity index (χ1) is 8.45. The van der Waals surface area contributed by atoms with Gasteiger partial charge in [0.25, 0.3) is 0 Å². The zero-order valence-corrected chi connectivity index (χ0v) is 10.7. The Morgan fingerprint density at radius 3 is 2.50 bits per heavy atom. The minimum Gasteiger partial charge on any atom is -0.287 e. The zero-order valence-electron chi connectivity index (χ0n) is 10.7. The van der Waals surface area contributed by atoms with Crippen molar-refractivity contribution < 1.29 is 8.78 Å². The van der Waals surface area contributed by atoms with Crippen LogP contribution in [-0.4, -0.2) is 18.5 Å². The monoisotopic (exact) mass is 250 g/mol. The maximum atomic E-state index is 13.7. The highest BCUT2D eigenvalue weighted by atomic mass is 19.1. The predicted molar refractivity (Wildman–Crippen MR) is 72.1 cm³/mol. The smallest absolute Gasteiger partial charge is 0.134 e. The summed E-state index contributed by atoms with van der Waals surface area (Å²) in [5.74, 6) is -1.25. The third kappa shape index (κ3) is 3.58. The van der Waals surface area contributed by atoms with Gasteiger partial charge in [-0.1, -0.05) is 0 Å². The van der Waals surface area contributed by atoms with E-state index in [0.29, 0.717) is 11.3 Å². The van der Waals surface area contributed by atoms with Crippen molar-refractivity contribution in [2.24, 2.45) is 9.98 Å². The van der Waals surface area contributed by atoms with Gasteiger partial charge in [-0.3, -0.25) is 9.98 Å². The van der Waals surface area contributed by atoms with Crippen LogP contribution < -0.4 is 0 Å². The Bertz CT molecular complexity index is 503. The molecule has 0 aliphatic heterocycles. The van der Waals surface area contributed by atoms with E-state index in [2.05, 4.69) is 16.7 Å². The van der Waals surface area contributed by atoms with Crippen molar-refractivity contribution in [3.63, 3.8) is 0 Å². The molecule has 1 aromatic rings. The highest BCUT2D eigenvalue weighted by Gasteiger charge is 2.12. The standard InChI is InChI=1S/C14H16F2N2/c1-9(2)18-10(3)13(8-17-4)12-6-5-11(15)7-14(12)16/h5-9H,4H2,1-3H3/b13-8+,18-10-. The Morgan fingerprint density at radius 2 is 2.00 bits per heavy atom. The van der Waals surface area contributed by atoms with E-state index in [0.717, 1.165) is 6.07 Å². The second-order valence-electron chi connectivity index (χ2n) is 4.16. The first-order valence-corrected chi connectivity index (χ1v) is 5.62. The van der Waals surface area contributed by atoms with Crippen molar-refractivity contribution in [3.8, 4) is 0 Å². The van der Waals surface area contributed by atoms with Gasteiger partial charge in [0.1, 0.15) is 11.6 Å². The molecule has 96 valence electrons. The predicted octanol–water partition coefficient (Wildman–Crippen LogP) is 3.88. The zero-order chi connectivity index (χ0) is 13.7. The second-order valence-corrected chi connectivity index (χ2v) is 4.16. The van der Waals surface area contributed by atoms with E-state index in [9.17, 15) is 8.78 Å². The molecule has 0 aromatic heterocycles. The van der Waals surface area contributed by atoms with E-state index in [1.165, 1.54) is 18.3 Å². The summed E-state index contributed by atoms with van der Waals surface area (Å²) in [4.78, 5) is 7.99. The molecule has 0 saturated carbocycles. The fourth-order valence-corrected chi connectivity index (χ4v) is 1.61. The maximum absolute atomic E-state index is 13.7. The van der Waals surface area contributed by atoms with Gasteiger partial charge in [-0.2, -0.15) is 0 Å². The number of allylic oxidation sites excluding steroid dienone is 1. The summed E-state index contributed by atoms with van der Waals surface area (Å²) in [7, 11) is 0. The van der Waals surface area contributed by atoms with Gasteiger partial charge in [-0.15, -0.1) is 0 Å². The van der Waals surface area contributed by atoms with Crippen molar-refractivity contribution in [1.29, 1.82) is 0 Å². The molecule has 0 unspecified atom stereocenters. The number of halogens is 2. The van der Waals surface area contributed by atoms with Crippen LogP contribution in [0.25, 0.3) is 5.57 Å². The minimum absolute atomic E-state index is 0.0849. The van der Waals surface area contributed by atoms with Crippen LogP contribution in [0.1, 0.15) is 26.3 Å². The molecule has 18 heavy (non-hydrogen) atoms. The van der Waals surface area contributed by atoms with Gasteiger partial charge in [0.15, 0.2) is 0 Å². The van der Waals surface area contributed by atoms with Crippen LogP contribution in [0.5, 0.6) is 0 Å². The van der Waals surface area contributed by atoms with Crippen LogP contribution in [0.15, 0.2) is 34.4 Å².